The number of para-hydroxylation sites is 1. The molecule has 26 heavy (non-hydrogen) atoms. The molecule has 3 aromatic rings. The molecule has 0 saturated carbocycles. The van der Waals surface area contributed by atoms with Gasteiger partial charge in [0.2, 0.25) is 0 Å². The van der Waals surface area contributed by atoms with Gasteiger partial charge in [0.05, 0.1) is 17.6 Å². The van der Waals surface area contributed by atoms with E-state index in [1.165, 1.54) is 12.1 Å². The van der Waals surface area contributed by atoms with Gasteiger partial charge in [-0.1, -0.05) is 24.3 Å². The predicted molar refractivity (Wildman–Crippen MR) is 96.1 cm³/mol. The number of rotatable bonds is 6. The molecule has 3 rings (SSSR count). The molecule has 0 fully saturated rings. The molecule has 0 aliphatic rings. The van der Waals surface area contributed by atoms with Gasteiger partial charge in [-0.2, -0.15) is 13.2 Å². The highest BCUT2D eigenvalue weighted by Gasteiger charge is 2.29. The van der Waals surface area contributed by atoms with Crippen molar-refractivity contribution in [2.75, 3.05) is 7.11 Å². The van der Waals surface area contributed by atoms with Gasteiger partial charge in [0.25, 0.3) is 0 Å². The average molecular weight is 378 g/mol. The summed E-state index contributed by atoms with van der Waals surface area (Å²) in [6.45, 7) is 1.02. The Morgan fingerprint density at radius 3 is 2.46 bits per heavy atom. The van der Waals surface area contributed by atoms with E-state index in [9.17, 15) is 13.2 Å². The predicted octanol–water partition coefficient (Wildman–Crippen LogP) is 5.13. The van der Waals surface area contributed by atoms with Crippen LogP contribution in [0.25, 0.3) is 10.4 Å². The van der Waals surface area contributed by atoms with Crippen molar-refractivity contribution < 1.29 is 17.9 Å². The van der Waals surface area contributed by atoms with Crippen molar-refractivity contribution in [3.05, 3.63) is 70.9 Å². The minimum Gasteiger partial charge on any atom is -0.496 e. The Bertz CT molecular complexity index is 860. The molecule has 0 unspecified atom stereocenters. The first kappa shape index (κ1) is 18.4. The molecule has 3 nitrogen and oxygen atoms in total. The fraction of sp³-hybridized carbons (Fsp3) is 0.211. The van der Waals surface area contributed by atoms with Crippen LogP contribution in [-0.2, 0) is 19.3 Å². The molecule has 0 aliphatic heterocycles. The highest BCUT2D eigenvalue weighted by atomic mass is 32.1. The fourth-order valence-electron chi connectivity index (χ4n) is 2.49. The van der Waals surface area contributed by atoms with Crippen LogP contribution in [0.15, 0.2) is 54.7 Å². The zero-order valence-electron chi connectivity index (χ0n) is 14.0. The molecule has 1 aromatic heterocycles. The topological polar surface area (TPSA) is 34.1 Å². The van der Waals surface area contributed by atoms with Crippen molar-refractivity contribution in [2.24, 2.45) is 0 Å². The number of nitrogens with one attached hydrogen (secondary N) is 1. The lowest BCUT2D eigenvalue weighted by atomic mass is 10.1. The van der Waals surface area contributed by atoms with Crippen molar-refractivity contribution in [1.82, 2.24) is 10.3 Å². The highest BCUT2D eigenvalue weighted by Crippen LogP contribution is 2.33. The van der Waals surface area contributed by atoms with E-state index in [1.54, 1.807) is 24.6 Å². The second kappa shape index (κ2) is 7.88. The van der Waals surface area contributed by atoms with E-state index in [-0.39, 0.29) is 0 Å². The van der Waals surface area contributed by atoms with E-state index in [4.69, 9.17) is 4.74 Å². The standard InChI is InChI=1S/C19H17F3N2OS/c1-25-16-5-3-2-4-15(16)17-11-24-18(26-17)12-23-10-13-6-8-14(9-7-13)19(20,21)22/h2-9,11,23H,10,12H2,1H3. The third-order valence-electron chi connectivity index (χ3n) is 3.81. The molecular weight excluding hydrogens is 361 g/mol. The lowest BCUT2D eigenvalue weighted by Crippen LogP contribution is -2.12. The van der Waals surface area contributed by atoms with E-state index in [0.717, 1.165) is 38.9 Å². The zero-order valence-corrected chi connectivity index (χ0v) is 14.8. The first-order valence-corrected chi connectivity index (χ1v) is 8.74. The maximum atomic E-state index is 12.6. The average Bonchev–Trinajstić information content (AvgIpc) is 3.10. The van der Waals surface area contributed by atoms with E-state index in [2.05, 4.69) is 10.3 Å². The lowest BCUT2D eigenvalue weighted by molar-refractivity contribution is -0.137. The second-order valence-corrected chi connectivity index (χ2v) is 6.73. The number of methoxy groups -OCH3 is 1. The summed E-state index contributed by atoms with van der Waals surface area (Å²) in [5.41, 5.74) is 1.14. The molecule has 1 heterocycles. The molecule has 1 N–H and O–H groups in total. The smallest absolute Gasteiger partial charge is 0.416 e. The van der Waals surface area contributed by atoms with Crippen molar-refractivity contribution in [3.63, 3.8) is 0 Å². The van der Waals surface area contributed by atoms with Gasteiger partial charge >= 0.3 is 6.18 Å². The van der Waals surface area contributed by atoms with E-state index < -0.39 is 11.7 Å². The Morgan fingerprint density at radius 2 is 1.77 bits per heavy atom. The number of nitrogens with zero attached hydrogens (tertiary/aromatic N) is 1. The molecule has 0 saturated heterocycles. The summed E-state index contributed by atoms with van der Waals surface area (Å²) in [6, 6.07) is 12.9. The quantitative estimate of drug-likeness (QED) is 0.646. The third-order valence-corrected chi connectivity index (χ3v) is 4.84. The van der Waals surface area contributed by atoms with Crippen LogP contribution in [0.5, 0.6) is 5.75 Å². The number of halogens is 3. The van der Waals surface area contributed by atoms with Crippen molar-refractivity contribution in [1.29, 1.82) is 0 Å². The molecule has 7 heteroatoms. The van der Waals surface area contributed by atoms with Gasteiger partial charge in [-0.25, -0.2) is 4.98 Å². The second-order valence-electron chi connectivity index (χ2n) is 5.62. The summed E-state index contributed by atoms with van der Waals surface area (Å²) in [4.78, 5) is 5.41. The first-order chi connectivity index (χ1) is 12.5. The van der Waals surface area contributed by atoms with Gasteiger partial charge in [-0.05, 0) is 29.8 Å². The summed E-state index contributed by atoms with van der Waals surface area (Å²) < 4.78 is 43.0. The first-order valence-electron chi connectivity index (χ1n) is 7.92. The molecule has 0 bridgehead atoms. The molecule has 0 radical (unpaired) electrons. The number of alkyl halides is 3. The molecule has 0 atom stereocenters. The van der Waals surface area contributed by atoms with Gasteiger partial charge < -0.3 is 10.1 Å². The number of hydrogen-bond donors (Lipinski definition) is 1. The maximum absolute atomic E-state index is 12.6. The van der Waals surface area contributed by atoms with Crippen molar-refractivity contribution in [3.8, 4) is 16.2 Å². The van der Waals surface area contributed by atoms with Crippen LogP contribution < -0.4 is 10.1 Å². The van der Waals surface area contributed by atoms with Crippen molar-refractivity contribution >= 4 is 11.3 Å². The number of thiazole rings is 1. The van der Waals surface area contributed by atoms with Crippen LogP contribution in [-0.4, -0.2) is 12.1 Å². The third kappa shape index (κ3) is 4.42. The summed E-state index contributed by atoms with van der Waals surface area (Å²) in [7, 11) is 1.63. The van der Waals surface area contributed by atoms with Gasteiger partial charge in [0.1, 0.15) is 10.8 Å². The molecule has 0 spiro atoms. The molecule has 0 amide bonds. The minimum atomic E-state index is -4.30. The Morgan fingerprint density at radius 1 is 1.04 bits per heavy atom. The van der Waals surface area contributed by atoms with Crippen LogP contribution in [0, 0.1) is 0 Å². The Balaban J connectivity index is 1.59. The van der Waals surface area contributed by atoms with Crippen molar-refractivity contribution in [2.45, 2.75) is 19.3 Å². The van der Waals surface area contributed by atoms with Gasteiger partial charge in [0.15, 0.2) is 0 Å². The Hall–Kier alpha value is -2.38. The zero-order chi connectivity index (χ0) is 18.6. The van der Waals surface area contributed by atoms with Crippen LogP contribution >= 0.6 is 11.3 Å². The Kier molecular flexibility index (Phi) is 5.58. The van der Waals surface area contributed by atoms with Gasteiger partial charge in [0, 0.05) is 24.8 Å². The number of benzene rings is 2. The maximum Gasteiger partial charge on any atom is 0.416 e. The van der Waals surface area contributed by atoms with E-state index >= 15 is 0 Å². The largest absolute Gasteiger partial charge is 0.496 e. The van der Waals surface area contributed by atoms with Crippen LogP contribution in [0.1, 0.15) is 16.1 Å². The SMILES string of the molecule is COc1ccccc1-c1cnc(CNCc2ccc(C(F)(F)F)cc2)s1. The van der Waals surface area contributed by atoms with Crippen LogP contribution in [0.2, 0.25) is 0 Å². The van der Waals surface area contributed by atoms with E-state index in [1.807, 2.05) is 24.3 Å². The summed E-state index contributed by atoms with van der Waals surface area (Å²) in [5.74, 6) is 0.792. The monoisotopic (exact) mass is 378 g/mol. The molecule has 136 valence electrons. The van der Waals surface area contributed by atoms with Gasteiger partial charge in [-0.3, -0.25) is 0 Å². The normalized spacial score (nSPS) is 11.5. The van der Waals surface area contributed by atoms with Crippen LogP contribution in [0.4, 0.5) is 13.2 Å². The van der Waals surface area contributed by atoms with Gasteiger partial charge in [-0.15, -0.1) is 11.3 Å². The number of aromatic nitrogens is 1. The van der Waals surface area contributed by atoms with E-state index in [0.29, 0.717) is 13.1 Å². The fourth-order valence-corrected chi connectivity index (χ4v) is 3.41. The molecular formula is C19H17F3N2OS. The lowest BCUT2D eigenvalue weighted by Gasteiger charge is -2.08. The minimum absolute atomic E-state index is 0.474. The summed E-state index contributed by atoms with van der Waals surface area (Å²) in [6.07, 6.45) is -2.50. The molecule has 0 aliphatic carbocycles. The number of hydrogen-bond acceptors (Lipinski definition) is 4. The van der Waals surface area contributed by atoms with Crippen LogP contribution in [0.3, 0.4) is 0 Å². The summed E-state index contributed by atoms with van der Waals surface area (Å²) >= 11 is 1.55. The highest BCUT2D eigenvalue weighted by molar-refractivity contribution is 7.15. The summed E-state index contributed by atoms with van der Waals surface area (Å²) in [5, 5.41) is 4.11. The number of ether oxygens (including phenoxy) is 1. The molecule has 2 aromatic carbocycles. The Labute approximate surface area is 153 Å².